The Hall–Kier alpha value is -3.03. The number of nitrogens with zero attached hydrogens (tertiary/aromatic N) is 2. The highest BCUT2D eigenvalue weighted by atomic mass is 32.2. The summed E-state index contributed by atoms with van der Waals surface area (Å²) in [5, 5.41) is 17.2. The molecule has 0 saturated heterocycles. The normalized spacial score (nSPS) is 10.7. The van der Waals surface area contributed by atoms with E-state index in [-0.39, 0.29) is 0 Å². The van der Waals surface area contributed by atoms with Crippen molar-refractivity contribution >= 4 is 44.8 Å². The van der Waals surface area contributed by atoms with Crippen LogP contribution in [0.4, 0.5) is 11.4 Å². The molecule has 0 unspecified atom stereocenters. The maximum atomic E-state index is 9.74. The van der Waals surface area contributed by atoms with Crippen molar-refractivity contribution in [1.82, 2.24) is 4.98 Å². The van der Waals surface area contributed by atoms with Crippen LogP contribution in [0.1, 0.15) is 5.56 Å². The monoisotopic (exact) mass is 341 g/mol. The molecule has 3 aromatic carbocycles. The standard InChI is InChI=1S/C21H15N3S/c1-25-21-17(13-22)20(16-10-4-5-11-19(16)24-21)23-18-12-6-8-14-7-2-3-9-15(14)18/h2-12H,1H3,(H,23,24). The lowest BCUT2D eigenvalue weighted by Gasteiger charge is -2.15. The summed E-state index contributed by atoms with van der Waals surface area (Å²) in [6.45, 7) is 0. The molecule has 1 N–H and O–H groups in total. The first kappa shape index (κ1) is 15.5. The van der Waals surface area contributed by atoms with Gasteiger partial charge in [0.05, 0.1) is 11.2 Å². The zero-order valence-electron chi connectivity index (χ0n) is 13.7. The van der Waals surface area contributed by atoms with E-state index in [1.807, 2.05) is 54.8 Å². The third-order valence-corrected chi connectivity index (χ3v) is 4.90. The van der Waals surface area contributed by atoms with Crippen molar-refractivity contribution < 1.29 is 0 Å². The molecule has 25 heavy (non-hydrogen) atoms. The van der Waals surface area contributed by atoms with Crippen molar-refractivity contribution in [1.29, 1.82) is 5.26 Å². The number of rotatable bonds is 3. The summed E-state index contributed by atoms with van der Waals surface area (Å²) in [7, 11) is 0. The summed E-state index contributed by atoms with van der Waals surface area (Å²) in [6, 6.07) is 24.6. The van der Waals surface area contributed by atoms with Gasteiger partial charge in [-0.25, -0.2) is 4.98 Å². The molecule has 120 valence electrons. The number of hydrogen-bond acceptors (Lipinski definition) is 4. The van der Waals surface area contributed by atoms with Gasteiger partial charge in [0.25, 0.3) is 0 Å². The van der Waals surface area contributed by atoms with E-state index in [1.165, 1.54) is 11.8 Å². The molecular formula is C21H15N3S. The van der Waals surface area contributed by atoms with E-state index in [2.05, 4.69) is 34.6 Å². The summed E-state index contributed by atoms with van der Waals surface area (Å²) >= 11 is 1.49. The van der Waals surface area contributed by atoms with Gasteiger partial charge in [0.15, 0.2) is 0 Å². The second kappa shape index (κ2) is 6.46. The number of para-hydroxylation sites is 1. The molecule has 0 aliphatic rings. The van der Waals surface area contributed by atoms with Crippen LogP contribution in [0.25, 0.3) is 21.7 Å². The van der Waals surface area contributed by atoms with E-state index < -0.39 is 0 Å². The Morgan fingerprint density at radius 2 is 1.64 bits per heavy atom. The minimum atomic E-state index is 0.583. The van der Waals surface area contributed by atoms with Gasteiger partial charge in [-0.3, -0.25) is 0 Å². The van der Waals surface area contributed by atoms with Crippen molar-refractivity contribution in [3.05, 3.63) is 72.3 Å². The van der Waals surface area contributed by atoms with Crippen LogP contribution in [0.5, 0.6) is 0 Å². The van der Waals surface area contributed by atoms with Crippen molar-refractivity contribution in [2.45, 2.75) is 5.03 Å². The fourth-order valence-corrected chi connectivity index (χ4v) is 3.58. The van der Waals surface area contributed by atoms with Crippen LogP contribution in [-0.4, -0.2) is 11.2 Å². The quantitative estimate of drug-likeness (QED) is 0.484. The average molecular weight is 341 g/mol. The zero-order valence-corrected chi connectivity index (χ0v) is 14.5. The molecule has 4 rings (SSSR count). The summed E-state index contributed by atoms with van der Waals surface area (Å²) in [4.78, 5) is 4.63. The highest BCUT2D eigenvalue weighted by molar-refractivity contribution is 7.98. The number of nitriles is 1. The van der Waals surface area contributed by atoms with Crippen LogP contribution in [0, 0.1) is 11.3 Å². The molecular weight excluding hydrogens is 326 g/mol. The van der Waals surface area contributed by atoms with Crippen LogP contribution in [0.2, 0.25) is 0 Å². The average Bonchev–Trinajstić information content (AvgIpc) is 2.67. The van der Waals surface area contributed by atoms with Crippen LogP contribution in [0.15, 0.2) is 71.8 Å². The van der Waals surface area contributed by atoms with E-state index in [4.69, 9.17) is 0 Å². The highest BCUT2D eigenvalue weighted by Gasteiger charge is 2.15. The molecule has 0 aliphatic carbocycles. The summed E-state index contributed by atoms with van der Waals surface area (Å²) < 4.78 is 0. The number of nitrogens with one attached hydrogen (secondary N) is 1. The SMILES string of the molecule is CSc1nc2ccccc2c(Nc2cccc3ccccc23)c1C#N. The first-order chi connectivity index (χ1) is 12.3. The van der Waals surface area contributed by atoms with Gasteiger partial charge < -0.3 is 5.32 Å². The number of fused-ring (bicyclic) bond motifs is 2. The topological polar surface area (TPSA) is 48.7 Å². The molecule has 0 fully saturated rings. The number of pyridine rings is 1. The first-order valence-corrected chi connectivity index (χ1v) is 9.16. The molecule has 0 spiro atoms. The van der Waals surface area contributed by atoms with Gasteiger partial charge in [0.1, 0.15) is 16.7 Å². The largest absolute Gasteiger partial charge is 0.353 e. The fourth-order valence-electron chi connectivity index (χ4n) is 3.04. The van der Waals surface area contributed by atoms with Gasteiger partial charge in [0, 0.05) is 16.5 Å². The molecule has 0 saturated carbocycles. The summed E-state index contributed by atoms with van der Waals surface area (Å²) in [6.07, 6.45) is 1.94. The highest BCUT2D eigenvalue weighted by Crippen LogP contribution is 2.35. The molecule has 3 nitrogen and oxygen atoms in total. The zero-order chi connectivity index (χ0) is 17.2. The van der Waals surface area contributed by atoms with Crippen molar-refractivity contribution in [3.63, 3.8) is 0 Å². The maximum Gasteiger partial charge on any atom is 0.116 e. The number of aromatic nitrogens is 1. The van der Waals surface area contributed by atoms with Crippen molar-refractivity contribution in [3.8, 4) is 6.07 Å². The number of benzene rings is 3. The van der Waals surface area contributed by atoms with E-state index in [1.54, 1.807) is 0 Å². The van der Waals surface area contributed by atoms with Crippen molar-refractivity contribution in [2.24, 2.45) is 0 Å². The van der Waals surface area contributed by atoms with Crippen LogP contribution in [0.3, 0.4) is 0 Å². The van der Waals surface area contributed by atoms with Crippen LogP contribution >= 0.6 is 11.8 Å². The van der Waals surface area contributed by atoms with E-state index in [0.29, 0.717) is 5.56 Å². The lowest BCUT2D eigenvalue weighted by molar-refractivity contribution is 1.17. The van der Waals surface area contributed by atoms with Crippen LogP contribution in [-0.2, 0) is 0 Å². The molecule has 0 aliphatic heterocycles. The Kier molecular flexibility index (Phi) is 4.01. The molecule has 4 aromatic rings. The lowest BCUT2D eigenvalue weighted by atomic mass is 10.1. The van der Waals surface area contributed by atoms with Gasteiger partial charge >= 0.3 is 0 Å². The predicted octanol–water partition coefficient (Wildman–Crippen LogP) is 5.73. The maximum absolute atomic E-state index is 9.74. The second-order valence-electron chi connectivity index (χ2n) is 5.65. The summed E-state index contributed by atoms with van der Waals surface area (Å²) in [5.41, 5.74) is 3.26. The van der Waals surface area contributed by atoms with Crippen molar-refractivity contribution in [2.75, 3.05) is 11.6 Å². The van der Waals surface area contributed by atoms with Gasteiger partial charge in [-0.2, -0.15) is 5.26 Å². The Morgan fingerprint density at radius 3 is 2.44 bits per heavy atom. The smallest absolute Gasteiger partial charge is 0.116 e. The van der Waals surface area contributed by atoms with Gasteiger partial charge in [-0.05, 0) is 23.8 Å². The molecule has 0 radical (unpaired) electrons. The van der Waals surface area contributed by atoms with Gasteiger partial charge in [-0.1, -0.05) is 54.6 Å². The van der Waals surface area contributed by atoms with Gasteiger partial charge in [-0.15, -0.1) is 11.8 Å². The first-order valence-electron chi connectivity index (χ1n) is 7.93. The second-order valence-corrected chi connectivity index (χ2v) is 6.45. The minimum absolute atomic E-state index is 0.583. The predicted molar refractivity (Wildman–Crippen MR) is 105 cm³/mol. The Balaban J connectivity index is 1.98. The lowest BCUT2D eigenvalue weighted by Crippen LogP contribution is -1.99. The number of thioether (sulfide) groups is 1. The third-order valence-electron chi connectivity index (χ3n) is 4.21. The summed E-state index contributed by atoms with van der Waals surface area (Å²) in [5.74, 6) is 0. The number of hydrogen-bond donors (Lipinski definition) is 1. The molecule has 0 amide bonds. The van der Waals surface area contributed by atoms with E-state index in [0.717, 1.165) is 38.1 Å². The Bertz CT molecular complexity index is 1120. The third kappa shape index (κ3) is 2.69. The molecule has 1 heterocycles. The Labute approximate surface area is 150 Å². The fraction of sp³-hybridized carbons (Fsp3) is 0.0476. The van der Waals surface area contributed by atoms with Gasteiger partial charge in [0.2, 0.25) is 0 Å². The van der Waals surface area contributed by atoms with E-state index in [9.17, 15) is 5.26 Å². The molecule has 4 heteroatoms. The number of anilines is 2. The van der Waals surface area contributed by atoms with E-state index >= 15 is 0 Å². The molecule has 0 bridgehead atoms. The van der Waals surface area contributed by atoms with Crippen LogP contribution < -0.4 is 5.32 Å². The molecule has 1 aromatic heterocycles. The minimum Gasteiger partial charge on any atom is -0.353 e. The Morgan fingerprint density at radius 1 is 0.920 bits per heavy atom. The molecule has 0 atom stereocenters.